The van der Waals surface area contributed by atoms with E-state index in [2.05, 4.69) is 25.7 Å². The molecule has 1 aromatic rings. The quantitative estimate of drug-likeness (QED) is 0.588. The summed E-state index contributed by atoms with van der Waals surface area (Å²) >= 11 is 6.11. The molecule has 0 aliphatic carbocycles. The third-order valence-corrected chi connectivity index (χ3v) is 2.32. The van der Waals surface area contributed by atoms with Gasteiger partial charge in [0.1, 0.15) is 0 Å². The molecule has 1 aromatic carbocycles. The first kappa shape index (κ1) is 12.8. The lowest BCUT2D eigenvalue weighted by Crippen LogP contribution is -2.12. The number of benzene rings is 1. The van der Waals surface area contributed by atoms with E-state index in [0.717, 1.165) is 5.56 Å². The highest BCUT2D eigenvalue weighted by Gasteiger charge is 2.17. The van der Waals surface area contributed by atoms with Crippen LogP contribution in [0.5, 0.6) is 5.75 Å². The predicted molar refractivity (Wildman–Crippen MR) is 62.5 cm³/mol. The number of halogens is 1. The summed E-state index contributed by atoms with van der Waals surface area (Å²) in [5.74, 6) is -0.0933. The third kappa shape index (κ3) is 3.42. The maximum absolute atomic E-state index is 10.5. The second-order valence-corrected chi connectivity index (χ2v) is 4.96. The summed E-state index contributed by atoms with van der Waals surface area (Å²) in [4.78, 5) is 19.7. The van der Waals surface area contributed by atoms with Gasteiger partial charge in [0.25, 0.3) is 0 Å². The van der Waals surface area contributed by atoms with Crippen LogP contribution < -0.4 is 4.89 Å². The molecule has 16 heavy (non-hydrogen) atoms. The van der Waals surface area contributed by atoms with E-state index in [4.69, 9.17) is 16.5 Å². The van der Waals surface area contributed by atoms with E-state index in [9.17, 15) is 4.79 Å². The molecular weight excluding hydrogens is 228 g/mol. The molecule has 0 N–H and O–H groups in total. The topological polar surface area (TPSA) is 35.5 Å². The molecule has 0 heterocycles. The standard InChI is InChI=1S/C12H15ClO3/c1-8(14)15-16-9-5-6-10(11(13)7-9)12(2,3)4/h5-7H,1-4H3. The SMILES string of the molecule is CC(=O)OOc1ccc(C(C)(C)C)c(Cl)c1. The number of rotatable bonds is 2. The first-order chi connectivity index (χ1) is 7.30. The van der Waals surface area contributed by atoms with Crippen molar-refractivity contribution < 1.29 is 14.6 Å². The molecule has 0 atom stereocenters. The van der Waals surface area contributed by atoms with E-state index in [1.54, 1.807) is 12.1 Å². The molecule has 0 spiro atoms. The summed E-state index contributed by atoms with van der Waals surface area (Å²) in [6.45, 7) is 7.48. The second kappa shape index (κ2) is 4.74. The van der Waals surface area contributed by atoms with Gasteiger partial charge < -0.3 is 0 Å². The summed E-state index contributed by atoms with van der Waals surface area (Å²) in [6, 6.07) is 5.21. The van der Waals surface area contributed by atoms with Crippen molar-refractivity contribution in [1.29, 1.82) is 0 Å². The first-order valence-corrected chi connectivity index (χ1v) is 5.33. The minimum Gasteiger partial charge on any atom is -0.287 e. The number of hydrogen-bond acceptors (Lipinski definition) is 3. The molecule has 0 saturated heterocycles. The van der Waals surface area contributed by atoms with Gasteiger partial charge in [-0.05, 0) is 17.0 Å². The average Bonchev–Trinajstić information content (AvgIpc) is 2.12. The Hall–Kier alpha value is -1.22. The summed E-state index contributed by atoms with van der Waals surface area (Å²) in [5.41, 5.74) is 0.987. The van der Waals surface area contributed by atoms with Crippen LogP contribution in [0.1, 0.15) is 33.3 Å². The van der Waals surface area contributed by atoms with Crippen LogP contribution in [0.3, 0.4) is 0 Å². The van der Waals surface area contributed by atoms with E-state index in [0.29, 0.717) is 10.8 Å². The fraction of sp³-hybridized carbons (Fsp3) is 0.417. The summed E-state index contributed by atoms with van der Waals surface area (Å²) in [7, 11) is 0. The van der Waals surface area contributed by atoms with Crippen molar-refractivity contribution in [3.8, 4) is 5.75 Å². The van der Waals surface area contributed by atoms with Crippen molar-refractivity contribution in [3.05, 3.63) is 28.8 Å². The normalized spacial score (nSPS) is 11.1. The highest BCUT2D eigenvalue weighted by Crippen LogP contribution is 2.32. The molecule has 3 nitrogen and oxygen atoms in total. The molecular formula is C12H15ClO3. The zero-order chi connectivity index (χ0) is 12.3. The lowest BCUT2D eigenvalue weighted by atomic mass is 9.87. The Bertz CT molecular complexity index is 394. The van der Waals surface area contributed by atoms with Gasteiger partial charge in [-0.2, -0.15) is 0 Å². The van der Waals surface area contributed by atoms with Gasteiger partial charge in [0.05, 0.1) is 0 Å². The molecule has 0 aliphatic rings. The van der Waals surface area contributed by atoms with E-state index >= 15 is 0 Å². The van der Waals surface area contributed by atoms with Gasteiger partial charge in [-0.3, -0.25) is 9.78 Å². The van der Waals surface area contributed by atoms with Crippen molar-refractivity contribution in [1.82, 2.24) is 0 Å². The zero-order valence-corrected chi connectivity index (χ0v) is 10.6. The van der Waals surface area contributed by atoms with E-state index in [1.165, 1.54) is 6.92 Å². The van der Waals surface area contributed by atoms with Crippen molar-refractivity contribution in [2.75, 3.05) is 0 Å². The van der Waals surface area contributed by atoms with Crippen LogP contribution in [0, 0.1) is 0 Å². The number of carbonyl (C=O) groups excluding carboxylic acids is 1. The summed E-state index contributed by atoms with van der Waals surface area (Å²) < 4.78 is 0. The summed E-state index contributed by atoms with van der Waals surface area (Å²) in [5, 5.41) is 0.595. The number of carbonyl (C=O) groups is 1. The van der Waals surface area contributed by atoms with Gasteiger partial charge in [0, 0.05) is 18.0 Å². The average molecular weight is 243 g/mol. The molecule has 0 bridgehead atoms. The maximum Gasteiger partial charge on any atom is 0.352 e. The van der Waals surface area contributed by atoms with E-state index in [-0.39, 0.29) is 5.41 Å². The first-order valence-electron chi connectivity index (χ1n) is 4.96. The van der Waals surface area contributed by atoms with Crippen LogP contribution >= 0.6 is 11.6 Å². The van der Waals surface area contributed by atoms with Gasteiger partial charge >= 0.3 is 5.97 Å². The molecule has 0 aliphatic heterocycles. The second-order valence-electron chi connectivity index (χ2n) is 4.55. The van der Waals surface area contributed by atoms with Crippen LogP contribution in [0.15, 0.2) is 18.2 Å². The van der Waals surface area contributed by atoms with E-state index < -0.39 is 5.97 Å². The third-order valence-electron chi connectivity index (χ3n) is 2.00. The lowest BCUT2D eigenvalue weighted by Gasteiger charge is -2.20. The van der Waals surface area contributed by atoms with Crippen LogP contribution in [0.25, 0.3) is 0 Å². The molecule has 0 unspecified atom stereocenters. The van der Waals surface area contributed by atoms with Crippen molar-refractivity contribution in [3.63, 3.8) is 0 Å². The van der Waals surface area contributed by atoms with Gasteiger partial charge in [-0.25, -0.2) is 4.79 Å². The minimum atomic E-state index is -0.504. The van der Waals surface area contributed by atoms with Gasteiger partial charge in [0.2, 0.25) is 0 Å². The minimum absolute atomic E-state index is 0.0307. The van der Waals surface area contributed by atoms with Crippen LogP contribution in [0.4, 0.5) is 0 Å². The maximum atomic E-state index is 10.5. The monoisotopic (exact) mass is 242 g/mol. The highest BCUT2D eigenvalue weighted by molar-refractivity contribution is 6.31. The van der Waals surface area contributed by atoms with Gasteiger partial charge in [-0.15, -0.1) is 0 Å². The smallest absolute Gasteiger partial charge is 0.287 e. The van der Waals surface area contributed by atoms with Crippen molar-refractivity contribution in [2.45, 2.75) is 33.1 Å². The Labute approximate surface area is 100 Å². The molecule has 88 valence electrons. The largest absolute Gasteiger partial charge is 0.352 e. The summed E-state index contributed by atoms with van der Waals surface area (Å²) in [6.07, 6.45) is 0. The molecule has 0 fully saturated rings. The van der Waals surface area contributed by atoms with E-state index in [1.807, 2.05) is 6.07 Å². The predicted octanol–water partition coefficient (Wildman–Crippen LogP) is 3.49. The molecule has 0 saturated carbocycles. The lowest BCUT2D eigenvalue weighted by molar-refractivity contribution is -0.210. The Kier molecular flexibility index (Phi) is 3.81. The van der Waals surface area contributed by atoms with Crippen molar-refractivity contribution in [2.24, 2.45) is 0 Å². The Balaban J connectivity index is 2.87. The molecule has 4 heteroatoms. The Morgan fingerprint density at radius 2 is 1.94 bits per heavy atom. The molecule has 0 aromatic heterocycles. The van der Waals surface area contributed by atoms with Crippen LogP contribution in [-0.4, -0.2) is 5.97 Å². The fourth-order valence-electron chi connectivity index (χ4n) is 1.26. The molecule has 0 amide bonds. The molecule has 1 rings (SSSR count). The molecule has 0 radical (unpaired) electrons. The van der Waals surface area contributed by atoms with Gasteiger partial charge in [0.15, 0.2) is 5.75 Å². The fourth-order valence-corrected chi connectivity index (χ4v) is 1.72. The number of hydrogen-bond donors (Lipinski definition) is 0. The van der Waals surface area contributed by atoms with Crippen LogP contribution in [-0.2, 0) is 15.1 Å². The van der Waals surface area contributed by atoms with Gasteiger partial charge in [-0.1, -0.05) is 38.4 Å². The zero-order valence-electron chi connectivity index (χ0n) is 9.83. The Morgan fingerprint density at radius 1 is 1.31 bits per heavy atom. The highest BCUT2D eigenvalue weighted by atomic mass is 35.5. The van der Waals surface area contributed by atoms with Crippen LogP contribution in [0.2, 0.25) is 5.02 Å². The Morgan fingerprint density at radius 3 is 2.38 bits per heavy atom. The van der Waals surface area contributed by atoms with Crippen molar-refractivity contribution >= 4 is 17.6 Å².